The monoisotopic (exact) mass is 147 g/mol. The number of rotatable bonds is 0. The van der Waals surface area contributed by atoms with Gasteiger partial charge in [-0.3, -0.25) is 0 Å². The third-order valence-corrected chi connectivity index (χ3v) is 0.961. The van der Waals surface area contributed by atoms with Crippen LogP contribution in [0.25, 0.3) is 0 Å². The van der Waals surface area contributed by atoms with E-state index >= 15 is 0 Å². The zero-order valence-electron chi connectivity index (χ0n) is 3.03. The first-order valence-electron chi connectivity index (χ1n) is 1.59. The molecule has 0 bridgehead atoms. The third kappa shape index (κ3) is 0.653. The molecule has 0 aromatic heterocycles. The summed E-state index contributed by atoms with van der Waals surface area (Å²) in [7, 11) is 0. The Balaban J connectivity index is 2.45. The van der Waals surface area contributed by atoms with E-state index in [9.17, 15) is 0 Å². The van der Waals surface area contributed by atoms with E-state index in [0.717, 1.165) is 4.61 Å². The second-order valence-electron chi connectivity index (χ2n) is 0.948. The summed E-state index contributed by atoms with van der Waals surface area (Å²) in [4.78, 5) is 0. The minimum absolute atomic E-state index is 0.975. The first kappa shape index (κ1) is 3.99. The van der Waals surface area contributed by atoms with Crippen molar-refractivity contribution in [3.05, 3.63) is 17.5 Å². The van der Waals surface area contributed by atoms with Gasteiger partial charge in [-0.05, 0) is 15.9 Å². The summed E-state index contributed by atoms with van der Waals surface area (Å²) < 4.78 is 0.975. The first-order chi connectivity index (χ1) is 2.89. The highest BCUT2D eigenvalue weighted by Crippen LogP contribution is 2.00. The Morgan fingerprint density at radius 2 is 2.50 bits per heavy atom. The van der Waals surface area contributed by atoms with Crippen molar-refractivity contribution in [1.29, 1.82) is 0 Å². The molecule has 0 spiro atoms. The second kappa shape index (κ2) is 1.51. The Bertz CT molecular complexity index is 78.9. The quantitative estimate of drug-likeness (QED) is 0.488. The summed E-state index contributed by atoms with van der Waals surface area (Å²) in [6.45, 7) is 1.74. The molecule has 0 saturated carbocycles. The van der Waals surface area contributed by atoms with Gasteiger partial charge in [-0.15, -0.1) is 0 Å². The summed E-state index contributed by atoms with van der Waals surface area (Å²) in [6, 6.07) is 0. The molecule has 0 aliphatic carbocycles. The van der Waals surface area contributed by atoms with E-state index in [1.807, 2.05) is 6.20 Å². The third-order valence-electron chi connectivity index (χ3n) is 0.503. The van der Waals surface area contributed by atoms with Gasteiger partial charge in [0.25, 0.3) is 0 Å². The van der Waals surface area contributed by atoms with Gasteiger partial charge < -0.3 is 10.6 Å². The second-order valence-corrected chi connectivity index (χ2v) is 1.80. The molecule has 0 saturated heterocycles. The van der Waals surface area contributed by atoms with Crippen molar-refractivity contribution in [2.45, 2.75) is 0 Å². The lowest BCUT2D eigenvalue weighted by molar-refractivity contribution is 0.977. The number of hydrogen-bond donors (Lipinski definition) is 2. The highest BCUT2D eigenvalue weighted by Gasteiger charge is 1.93. The zero-order chi connectivity index (χ0) is 4.41. The predicted octanol–water partition coefficient (Wildman–Crippen LogP) is 0.492. The van der Waals surface area contributed by atoms with Crippen LogP contribution in [0.5, 0.6) is 0 Å². The van der Waals surface area contributed by atoms with Crippen molar-refractivity contribution in [2.24, 2.45) is 0 Å². The smallest absolute Gasteiger partial charge is 0.136 e. The van der Waals surface area contributed by atoms with Gasteiger partial charge in [0.15, 0.2) is 0 Å². The fourth-order valence-electron chi connectivity index (χ4n) is 0.267. The molecule has 0 unspecified atom stereocenters. The average molecular weight is 148 g/mol. The van der Waals surface area contributed by atoms with Crippen LogP contribution in [0.3, 0.4) is 0 Å². The summed E-state index contributed by atoms with van der Waals surface area (Å²) in [5, 5.41) is 5.69. The molecule has 2 N–H and O–H groups in total. The molecular weight excluding hydrogens is 144 g/mol. The first-order valence-corrected chi connectivity index (χ1v) is 2.39. The summed E-state index contributed by atoms with van der Waals surface area (Å²) in [5.41, 5.74) is 0. The molecule has 1 radical (unpaired) electrons. The highest BCUT2D eigenvalue weighted by atomic mass is 79.9. The van der Waals surface area contributed by atoms with E-state index in [1.165, 1.54) is 0 Å². The Morgan fingerprint density at radius 3 is 2.67 bits per heavy atom. The predicted molar refractivity (Wildman–Crippen MR) is 27.6 cm³/mol. The standard InChI is InChI=1S/C3H4BrN2/c4-3-1-5-2-6-3/h1-2,5-6H. The fraction of sp³-hybridized carbons (Fsp3) is 0. The van der Waals surface area contributed by atoms with Crippen molar-refractivity contribution in [3.8, 4) is 0 Å². The molecule has 0 aromatic carbocycles. The minimum Gasteiger partial charge on any atom is -0.366 e. The molecule has 1 aliphatic heterocycles. The van der Waals surface area contributed by atoms with Gasteiger partial charge in [0.05, 0.1) is 4.61 Å². The van der Waals surface area contributed by atoms with E-state index in [4.69, 9.17) is 0 Å². The molecule has 0 amide bonds. The van der Waals surface area contributed by atoms with Crippen LogP contribution in [0.1, 0.15) is 0 Å². The average Bonchev–Trinajstić information content (AvgIpc) is 1.86. The lowest BCUT2D eigenvalue weighted by Gasteiger charge is -1.84. The molecule has 33 valence electrons. The van der Waals surface area contributed by atoms with Crippen molar-refractivity contribution >= 4 is 15.9 Å². The van der Waals surface area contributed by atoms with Gasteiger partial charge in [-0.25, -0.2) is 0 Å². The van der Waals surface area contributed by atoms with E-state index in [0.29, 0.717) is 0 Å². The number of nitrogens with one attached hydrogen (secondary N) is 2. The van der Waals surface area contributed by atoms with Crippen LogP contribution >= 0.6 is 15.9 Å². The largest absolute Gasteiger partial charge is 0.366 e. The van der Waals surface area contributed by atoms with Gasteiger partial charge in [-0.2, -0.15) is 0 Å². The van der Waals surface area contributed by atoms with Crippen LogP contribution in [0.15, 0.2) is 10.8 Å². The van der Waals surface area contributed by atoms with Crippen molar-refractivity contribution in [2.75, 3.05) is 0 Å². The van der Waals surface area contributed by atoms with Gasteiger partial charge in [0.2, 0.25) is 0 Å². The number of hydrogen-bond acceptors (Lipinski definition) is 2. The van der Waals surface area contributed by atoms with Crippen LogP contribution in [-0.2, 0) is 0 Å². The molecule has 6 heavy (non-hydrogen) atoms. The van der Waals surface area contributed by atoms with E-state index < -0.39 is 0 Å². The Labute approximate surface area is 44.7 Å². The van der Waals surface area contributed by atoms with Gasteiger partial charge >= 0.3 is 0 Å². The van der Waals surface area contributed by atoms with Gasteiger partial charge in [0.1, 0.15) is 6.67 Å². The molecule has 1 rings (SSSR count). The van der Waals surface area contributed by atoms with Crippen molar-refractivity contribution in [1.82, 2.24) is 10.6 Å². The Morgan fingerprint density at radius 1 is 1.67 bits per heavy atom. The maximum atomic E-state index is 3.19. The summed E-state index contributed by atoms with van der Waals surface area (Å²) >= 11 is 3.19. The summed E-state index contributed by atoms with van der Waals surface area (Å²) in [6.07, 6.45) is 1.82. The molecule has 0 aromatic rings. The lowest BCUT2D eigenvalue weighted by atomic mass is 11.0. The fourth-order valence-corrected chi connectivity index (χ4v) is 0.514. The molecule has 1 heterocycles. The Kier molecular flexibility index (Phi) is 1.01. The van der Waals surface area contributed by atoms with Crippen molar-refractivity contribution in [3.63, 3.8) is 0 Å². The van der Waals surface area contributed by atoms with Crippen molar-refractivity contribution < 1.29 is 0 Å². The SMILES string of the molecule is BrC1=CN[CH]N1. The molecule has 2 nitrogen and oxygen atoms in total. The zero-order valence-corrected chi connectivity index (χ0v) is 4.62. The van der Waals surface area contributed by atoms with Crippen LogP contribution < -0.4 is 10.6 Å². The topological polar surface area (TPSA) is 24.1 Å². The van der Waals surface area contributed by atoms with E-state index in [1.54, 1.807) is 6.67 Å². The van der Waals surface area contributed by atoms with Gasteiger partial charge in [0, 0.05) is 6.20 Å². The number of halogens is 1. The maximum Gasteiger partial charge on any atom is 0.136 e. The Hall–Kier alpha value is -0.180. The highest BCUT2D eigenvalue weighted by molar-refractivity contribution is 9.11. The lowest BCUT2D eigenvalue weighted by Crippen LogP contribution is -2.03. The molecular formula is C3H4BrN2. The van der Waals surface area contributed by atoms with Crippen LogP contribution in [0.2, 0.25) is 0 Å². The van der Waals surface area contributed by atoms with Crippen LogP contribution in [-0.4, -0.2) is 0 Å². The minimum atomic E-state index is 0.975. The molecule has 0 atom stereocenters. The van der Waals surface area contributed by atoms with E-state index in [-0.39, 0.29) is 0 Å². The maximum absolute atomic E-state index is 3.19. The molecule has 0 fully saturated rings. The van der Waals surface area contributed by atoms with Crippen LogP contribution in [0.4, 0.5) is 0 Å². The molecule has 3 heteroatoms. The van der Waals surface area contributed by atoms with Gasteiger partial charge in [-0.1, -0.05) is 0 Å². The van der Waals surface area contributed by atoms with E-state index in [2.05, 4.69) is 26.6 Å². The molecule has 1 aliphatic rings. The summed E-state index contributed by atoms with van der Waals surface area (Å²) in [5.74, 6) is 0. The van der Waals surface area contributed by atoms with Crippen LogP contribution in [0, 0.1) is 6.67 Å². The normalized spacial score (nSPS) is 18.5.